The summed E-state index contributed by atoms with van der Waals surface area (Å²) in [6, 6.07) is 11.4. The lowest BCUT2D eigenvalue weighted by atomic mass is 9.99. The number of hydrogen-bond donors (Lipinski definition) is 2. The summed E-state index contributed by atoms with van der Waals surface area (Å²) < 4.78 is 2.15. The van der Waals surface area contributed by atoms with Crippen LogP contribution < -0.4 is 5.32 Å². The number of phenolic OH excluding ortho intramolecular Hbond substituents is 1. The fraction of sp³-hybridized carbons (Fsp3) is 0.333. The van der Waals surface area contributed by atoms with Crippen molar-refractivity contribution in [1.29, 1.82) is 0 Å². The lowest BCUT2D eigenvalue weighted by Gasteiger charge is -2.23. The smallest absolute Gasteiger partial charge is 0.160 e. The number of phenols is 1. The van der Waals surface area contributed by atoms with Crippen molar-refractivity contribution in [2.24, 2.45) is 0 Å². The Morgan fingerprint density at radius 3 is 2.96 bits per heavy atom. The third-order valence-electron chi connectivity index (χ3n) is 4.52. The Morgan fingerprint density at radius 1 is 1.22 bits per heavy atom. The van der Waals surface area contributed by atoms with Gasteiger partial charge in [-0.25, -0.2) is 9.97 Å². The second kappa shape index (κ2) is 6.01. The number of aromatic nitrogens is 3. The largest absolute Gasteiger partial charge is 0.508 e. The monoisotopic (exact) mass is 308 g/mol. The van der Waals surface area contributed by atoms with E-state index in [-0.39, 0.29) is 0 Å². The quantitative estimate of drug-likeness (QED) is 0.781. The van der Waals surface area contributed by atoms with Gasteiger partial charge in [0.1, 0.15) is 17.1 Å². The van der Waals surface area contributed by atoms with Crippen LogP contribution in [0.2, 0.25) is 0 Å². The molecule has 23 heavy (non-hydrogen) atoms. The molecule has 118 valence electrons. The summed E-state index contributed by atoms with van der Waals surface area (Å²) in [6.45, 7) is 2.62. The first kappa shape index (κ1) is 14.2. The lowest BCUT2D eigenvalue weighted by Crippen LogP contribution is -2.30. The molecule has 5 heteroatoms. The second-order valence-corrected chi connectivity index (χ2v) is 6.07. The van der Waals surface area contributed by atoms with Gasteiger partial charge in [0.15, 0.2) is 5.65 Å². The molecule has 3 aromatic rings. The minimum absolute atomic E-state index is 0.318. The van der Waals surface area contributed by atoms with E-state index in [4.69, 9.17) is 4.98 Å². The summed E-state index contributed by atoms with van der Waals surface area (Å²) in [7, 11) is 0. The maximum atomic E-state index is 10.1. The average Bonchev–Trinajstić information content (AvgIpc) is 2.96. The van der Waals surface area contributed by atoms with Crippen molar-refractivity contribution < 1.29 is 5.11 Å². The molecule has 1 atom stereocenters. The molecule has 0 radical (unpaired) electrons. The van der Waals surface area contributed by atoms with E-state index in [0.29, 0.717) is 18.2 Å². The van der Waals surface area contributed by atoms with Crippen LogP contribution in [-0.2, 0) is 6.54 Å². The standard InChI is InChI=1S/C18H20N4O/c23-16-8-2-1-5-14(16)12-22-17(13-6-3-9-19-11-13)21-15-7-4-10-20-18(15)22/h1-2,4-5,7-8,10,13,19,23H,3,6,9,11-12H2. The highest BCUT2D eigenvalue weighted by Crippen LogP contribution is 2.28. The van der Waals surface area contributed by atoms with Gasteiger partial charge in [-0.3, -0.25) is 0 Å². The van der Waals surface area contributed by atoms with Crippen molar-refractivity contribution in [2.45, 2.75) is 25.3 Å². The molecule has 2 aromatic heterocycles. The molecule has 0 saturated carbocycles. The molecular formula is C18H20N4O. The summed E-state index contributed by atoms with van der Waals surface area (Å²) in [6.07, 6.45) is 4.10. The van der Waals surface area contributed by atoms with E-state index >= 15 is 0 Å². The molecule has 0 spiro atoms. The molecule has 1 saturated heterocycles. The highest BCUT2D eigenvalue weighted by Gasteiger charge is 2.23. The summed E-state index contributed by atoms with van der Waals surface area (Å²) >= 11 is 0. The van der Waals surface area contributed by atoms with Crippen LogP contribution in [0.1, 0.15) is 30.1 Å². The highest BCUT2D eigenvalue weighted by molar-refractivity contribution is 5.71. The van der Waals surface area contributed by atoms with Crippen molar-refractivity contribution in [3.63, 3.8) is 0 Å². The number of pyridine rings is 1. The van der Waals surface area contributed by atoms with Crippen LogP contribution in [0.3, 0.4) is 0 Å². The van der Waals surface area contributed by atoms with Gasteiger partial charge in [0.05, 0.1) is 6.54 Å². The van der Waals surface area contributed by atoms with Gasteiger partial charge >= 0.3 is 0 Å². The van der Waals surface area contributed by atoms with E-state index in [1.54, 1.807) is 12.3 Å². The first-order chi connectivity index (χ1) is 11.3. The minimum Gasteiger partial charge on any atom is -0.508 e. The number of imidazole rings is 1. The molecule has 2 N–H and O–H groups in total. The van der Waals surface area contributed by atoms with Crippen molar-refractivity contribution in [1.82, 2.24) is 19.9 Å². The normalized spacial score (nSPS) is 18.3. The first-order valence-corrected chi connectivity index (χ1v) is 8.11. The number of rotatable bonds is 3. The van der Waals surface area contributed by atoms with Crippen molar-refractivity contribution in [3.8, 4) is 5.75 Å². The minimum atomic E-state index is 0.318. The van der Waals surface area contributed by atoms with E-state index in [2.05, 4.69) is 14.9 Å². The summed E-state index contributed by atoms with van der Waals surface area (Å²) in [5, 5.41) is 13.6. The number of para-hydroxylation sites is 1. The molecule has 0 aliphatic carbocycles. The molecule has 1 aliphatic heterocycles. The van der Waals surface area contributed by atoms with Crippen LogP contribution in [0.15, 0.2) is 42.6 Å². The third-order valence-corrected chi connectivity index (χ3v) is 4.52. The zero-order valence-electron chi connectivity index (χ0n) is 12.9. The Bertz CT molecular complexity index is 821. The fourth-order valence-corrected chi connectivity index (χ4v) is 3.33. The van der Waals surface area contributed by atoms with Crippen LogP contribution in [-0.4, -0.2) is 32.7 Å². The number of aromatic hydroxyl groups is 1. The van der Waals surface area contributed by atoms with Crippen LogP contribution in [0, 0.1) is 0 Å². The molecule has 5 nitrogen and oxygen atoms in total. The first-order valence-electron chi connectivity index (χ1n) is 8.11. The lowest BCUT2D eigenvalue weighted by molar-refractivity contribution is 0.434. The molecule has 1 aromatic carbocycles. The zero-order chi connectivity index (χ0) is 15.6. The fourth-order valence-electron chi connectivity index (χ4n) is 3.33. The Kier molecular flexibility index (Phi) is 3.71. The van der Waals surface area contributed by atoms with Gasteiger partial charge in [-0.1, -0.05) is 18.2 Å². The van der Waals surface area contributed by atoms with Crippen LogP contribution in [0.25, 0.3) is 11.2 Å². The number of benzene rings is 1. The Balaban J connectivity index is 1.81. The van der Waals surface area contributed by atoms with Crippen LogP contribution in [0.4, 0.5) is 0 Å². The summed E-state index contributed by atoms with van der Waals surface area (Å²) in [4.78, 5) is 9.36. The number of hydrogen-bond acceptors (Lipinski definition) is 4. The van der Waals surface area contributed by atoms with E-state index < -0.39 is 0 Å². The summed E-state index contributed by atoms with van der Waals surface area (Å²) in [5.41, 5.74) is 2.70. The second-order valence-electron chi connectivity index (χ2n) is 6.07. The molecule has 0 bridgehead atoms. The van der Waals surface area contributed by atoms with Gasteiger partial charge in [-0.2, -0.15) is 0 Å². The van der Waals surface area contributed by atoms with Crippen LogP contribution in [0.5, 0.6) is 5.75 Å². The molecule has 1 aliphatic rings. The van der Waals surface area contributed by atoms with E-state index in [9.17, 15) is 5.11 Å². The van der Waals surface area contributed by atoms with Crippen LogP contribution >= 0.6 is 0 Å². The predicted octanol–water partition coefficient (Wildman–Crippen LogP) is 2.65. The van der Waals surface area contributed by atoms with Gasteiger partial charge in [0, 0.05) is 24.2 Å². The van der Waals surface area contributed by atoms with Crippen molar-refractivity contribution in [3.05, 3.63) is 54.0 Å². The third kappa shape index (κ3) is 2.68. The molecule has 0 amide bonds. The van der Waals surface area contributed by atoms with Gasteiger partial charge in [-0.15, -0.1) is 0 Å². The SMILES string of the molecule is Oc1ccccc1Cn1c(C2CCCNC2)nc2cccnc21. The number of nitrogens with zero attached hydrogens (tertiary/aromatic N) is 3. The predicted molar refractivity (Wildman–Crippen MR) is 89.6 cm³/mol. The maximum absolute atomic E-state index is 10.1. The highest BCUT2D eigenvalue weighted by atomic mass is 16.3. The molecule has 1 unspecified atom stereocenters. The average molecular weight is 308 g/mol. The Labute approximate surface area is 135 Å². The molecule has 4 rings (SSSR count). The van der Waals surface area contributed by atoms with Crippen molar-refractivity contribution in [2.75, 3.05) is 13.1 Å². The maximum Gasteiger partial charge on any atom is 0.160 e. The van der Waals surface area contributed by atoms with Gasteiger partial charge in [0.25, 0.3) is 0 Å². The topological polar surface area (TPSA) is 63.0 Å². The van der Waals surface area contributed by atoms with E-state index in [1.807, 2.05) is 30.3 Å². The van der Waals surface area contributed by atoms with E-state index in [1.165, 1.54) is 0 Å². The number of piperidine rings is 1. The zero-order valence-corrected chi connectivity index (χ0v) is 12.9. The Hall–Kier alpha value is -2.40. The summed E-state index contributed by atoms with van der Waals surface area (Å²) in [5.74, 6) is 1.77. The van der Waals surface area contributed by atoms with Gasteiger partial charge in [-0.05, 0) is 37.6 Å². The molecule has 1 fully saturated rings. The van der Waals surface area contributed by atoms with Crippen molar-refractivity contribution >= 4 is 11.2 Å². The molecule has 3 heterocycles. The van der Waals surface area contributed by atoms with Gasteiger partial charge in [0.2, 0.25) is 0 Å². The molecular weight excluding hydrogens is 288 g/mol. The van der Waals surface area contributed by atoms with E-state index in [0.717, 1.165) is 48.5 Å². The number of nitrogens with one attached hydrogen (secondary N) is 1. The van der Waals surface area contributed by atoms with Gasteiger partial charge < -0.3 is 15.0 Å². The number of fused-ring (bicyclic) bond motifs is 1. The Morgan fingerprint density at radius 2 is 2.13 bits per heavy atom.